The quantitative estimate of drug-likeness (QED) is 0.801. The van der Waals surface area contributed by atoms with E-state index >= 15 is 0 Å². The number of urea groups is 1. The normalized spacial score (nSPS) is 15.1. The molecule has 0 aromatic heterocycles. The van der Waals surface area contributed by atoms with E-state index in [1.54, 1.807) is 6.07 Å². The van der Waals surface area contributed by atoms with Crippen molar-refractivity contribution >= 4 is 22.0 Å². The Hall–Kier alpha value is -2.52. The van der Waals surface area contributed by atoms with E-state index in [-0.39, 0.29) is 18.7 Å². The Morgan fingerprint density at radius 2 is 2.20 bits per heavy atom. The molecular weight excluding hydrogens is 382 g/mol. The summed E-state index contributed by atoms with van der Waals surface area (Å²) in [7, 11) is 0. The van der Waals surface area contributed by atoms with Gasteiger partial charge >= 0.3 is 6.03 Å². The Morgan fingerprint density at radius 3 is 3.04 bits per heavy atom. The maximum Gasteiger partial charge on any atom is 0.315 e. The molecule has 25 heavy (non-hydrogen) atoms. The molecule has 2 aromatic carbocycles. The van der Waals surface area contributed by atoms with Crippen LogP contribution in [0.3, 0.4) is 0 Å². The van der Waals surface area contributed by atoms with Crippen molar-refractivity contribution in [2.24, 2.45) is 0 Å². The second kappa shape index (κ2) is 8.04. The minimum absolute atomic E-state index is 0.00850. The highest BCUT2D eigenvalue weighted by molar-refractivity contribution is 9.10. The van der Waals surface area contributed by atoms with Crippen molar-refractivity contribution in [3.8, 4) is 11.8 Å². The summed E-state index contributed by atoms with van der Waals surface area (Å²) in [5, 5.41) is 14.5. The highest BCUT2D eigenvalue weighted by Gasteiger charge is 2.23. The van der Waals surface area contributed by atoms with Crippen LogP contribution in [0.25, 0.3) is 0 Å². The van der Waals surface area contributed by atoms with Crippen molar-refractivity contribution in [1.82, 2.24) is 10.6 Å². The molecular formula is C19H18BrN3O2. The molecule has 0 fully saturated rings. The molecule has 1 unspecified atom stereocenters. The van der Waals surface area contributed by atoms with Gasteiger partial charge in [0.2, 0.25) is 0 Å². The zero-order valence-electron chi connectivity index (χ0n) is 13.6. The fourth-order valence-electron chi connectivity index (χ4n) is 2.99. The average Bonchev–Trinajstić information content (AvgIpc) is 3.00. The van der Waals surface area contributed by atoms with Crippen LogP contribution in [0.4, 0.5) is 4.79 Å². The number of hydrogen-bond donors (Lipinski definition) is 2. The van der Waals surface area contributed by atoms with E-state index < -0.39 is 0 Å². The lowest BCUT2D eigenvalue weighted by Crippen LogP contribution is -2.36. The van der Waals surface area contributed by atoms with Crippen molar-refractivity contribution < 1.29 is 9.53 Å². The predicted molar refractivity (Wildman–Crippen MR) is 98.1 cm³/mol. The van der Waals surface area contributed by atoms with Gasteiger partial charge in [0.1, 0.15) is 11.8 Å². The van der Waals surface area contributed by atoms with Crippen molar-refractivity contribution in [1.29, 1.82) is 5.26 Å². The first-order valence-electron chi connectivity index (χ1n) is 8.07. The van der Waals surface area contributed by atoms with E-state index in [0.29, 0.717) is 12.3 Å². The molecule has 0 heterocycles. The van der Waals surface area contributed by atoms with E-state index in [2.05, 4.69) is 38.7 Å². The number of carbonyl (C=O) groups is 1. The number of rotatable bonds is 5. The van der Waals surface area contributed by atoms with Gasteiger partial charge in [0.25, 0.3) is 0 Å². The van der Waals surface area contributed by atoms with E-state index in [4.69, 9.17) is 10.00 Å². The van der Waals surface area contributed by atoms with Crippen molar-refractivity contribution in [2.75, 3.05) is 6.61 Å². The van der Waals surface area contributed by atoms with E-state index in [1.165, 1.54) is 11.1 Å². The first-order valence-corrected chi connectivity index (χ1v) is 8.86. The van der Waals surface area contributed by atoms with Gasteiger partial charge in [-0.25, -0.2) is 4.79 Å². The molecule has 0 radical (unpaired) electrons. The second-order valence-corrected chi connectivity index (χ2v) is 6.77. The minimum atomic E-state index is -0.191. The van der Waals surface area contributed by atoms with Gasteiger partial charge in [-0.15, -0.1) is 0 Å². The number of benzene rings is 2. The number of carbonyl (C=O) groups excluding carboxylic acids is 1. The lowest BCUT2D eigenvalue weighted by atomic mass is 10.1. The van der Waals surface area contributed by atoms with Gasteiger partial charge < -0.3 is 15.4 Å². The van der Waals surface area contributed by atoms with Crippen LogP contribution in [-0.2, 0) is 13.0 Å². The van der Waals surface area contributed by atoms with Crippen LogP contribution in [0.1, 0.15) is 29.2 Å². The Kier molecular flexibility index (Phi) is 5.56. The zero-order valence-corrected chi connectivity index (χ0v) is 15.2. The van der Waals surface area contributed by atoms with Crippen LogP contribution in [0.15, 0.2) is 46.9 Å². The Balaban J connectivity index is 1.54. The van der Waals surface area contributed by atoms with Gasteiger partial charge in [0.15, 0.2) is 6.61 Å². The molecule has 0 saturated heterocycles. The molecule has 128 valence electrons. The summed E-state index contributed by atoms with van der Waals surface area (Å²) in [6, 6.07) is 15.3. The summed E-state index contributed by atoms with van der Waals surface area (Å²) in [5.74, 6) is 0.622. The molecule has 1 aliphatic rings. The number of halogens is 1. The maximum absolute atomic E-state index is 12.2. The van der Waals surface area contributed by atoms with Gasteiger partial charge in [0, 0.05) is 11.0 Å². The van der Waals surface area contributed by atoms with Crippen LogP contribution < -0.4 is 15.4 Å². The number of nitrogens with zero attached hydrogens (tertiary/aromatic N) is 1. The van der Waals surface area contributed by atoms with E-state index in [1.807, 2.05) is 30.3 Å². The van der Waals surface area contributed by atoms with Crippen LogP contribution in [0, 0.1) is 11.3 Å². The number of ether oxygens (including phenoxy) is 1. The van der Waals surface area contributed by atoms with E-state index in [0.717, 1.165) is 22.9 Å². The highest BCUT2D eigenvalue weighted by atomic mass is 79.9. The summed E-state index contributed by atoms with van der Waals surface area (Å²) in [4.78, 5) is 12.2. The van der Waals surface area contributed by atoms with Crippen LogP contribution in [0.2, 0.25) is 0 Å². The van der Waals surface area contributed by atoms with Gasteiger partial charge in [0.05, 0.1) is 6.04 Å². The van der Waals surface area contributed by atoms with Gasteiger partial charge in [-0.3, -0.25) is 0 Å². The van der Waals surface area contributed by atoms with Gasteiger partial charge in [-0.2, -0.15) is 5.26 Å². The first-order chi connectivity index (χ1) is 12.2. The number of nitrogens with one attached hydrogen (secondary N) is 2. The van der Waals surface area contributed by atoms with Crippen LogP contribution in [0.5, 0.6) is 5.75 Å². The van der Waals surface area contributed by atoms with Gasteiger partial charge in [-0.1, -0.05) is 34.1 Å². The van der Waals surface area contributed by atoms with Crippen molar-refractivity contribution in [3.05, 3.63) is 63.6 Å². The maximum atomic E-state index is 12.2. The Morgan fingerprint density at radius 1 is 1.32 bits per heavy atom. The summed E-state index contributed by atoms with van der Waals surface area (Å²) >= 11 is 3.48. The lowest BCUT2D eigenvalue weighted by molar-refractivity contribution is 0.236. The minimum Gasteiger partial charge on any atom is -0.479 e. The molecule has 0 spiro atoms. The summed E-state index contributed by atoms with van der Waals surface area (Å²) in [6.07, 6.45) is 1.88. The Bertz CT molecular complexity index is 817. The fourth-order valence-corrected chi connectivity index (χ4v) is 3.40. The van der Waals surface area contributed by atoms with Crippen LogP contribution >= 0.6 is 15.9 Å². The summed E-state index contributed by atoms with van der Waals surface area (Å²) in [5.41, 5.74) is 3.38. The highest BCUT2D eigenvalue weighted by Crippen LogP contribution is 2.32. The molecule has 5 nitrogen and oxygen atoms in total. The monoisotopic (exact) mass is 399 g/mol. The molecule has 2 amide bonds. The number of hydrogen-bond acceptors (Lipinski definition) is 3. The van der Waals surface area contributed by atoms with E-state index in [9.17, 15) is 4.79 Å². The Labute approximate surface area is 155 Å². The van der Waals surface area contributed by atoms with Crippen molar-refractivity contribution in [3.63, 3.8) is 0 Å². The molecule has 2 N–H and O–H groups in total. The smallest absolute Gasteiger partial charge is 0.315 e. The molecule has 0 saturated carbocycles. The van der Waals surface area contributed by atoms with Crippen LogP contribution in [-0.4, -0.2) is 12.6 Å². The SMILES string of the molecule is N#CCOc1cccc(CNC(=O)NC2CCc3cc(Br)ccc32)c1. The number of amides is 2. The number of fused-ring (bicyclic) bond motifs is 1. The standard InChI is InChI=1S/C19H18BrN3O2/c20-15-5-6-17-14(11-15)4-7-18(17)23-19(24)22-12-13-2-1-3-16(10-13)25-9-8-21/h1-3,5-6,10-11,18H,4,7,9,12H2,(H2,22,23,24). The van der Waals surface area contributed by atoms with Crippen molar-refractivity contribution in [2.45, 2.75) is 25.4 Å². The second-order valence-electron chi connectivity index (χ2n) is 5.86. The summed E-state index contributed by atoms with van der Waals surface area (Å²) < 4.78 is 6.33. The topological polar surface area (TPSA) is 74.1 Å². The number of nitriles is 1. The van der Waals surface area contributed by atoms with Gasteiger partial charge in [-0.05, 0) is 53.8 Å². The first kappa shape index (κ1) is 17.3. The third-order valence-corrected chi connectivity index (χ3v) is 4.64. The molecule has 3 rings (SSSR count). The predicted octanol–water partition coefficient (Wildman–Crippen LogP) is 3.84. The summed E-state index contributed by atoms with van der Waals surface area (Å²) in [6.45, 7) is 0.407. The molecule has 0 aliphatic heterocycles. The fraction of sp³-hybridized carbons (Fsp3) is 0.263. The third-order valence-electron chi connectivity index (χ3n) is 4.14. The molecule has 1 atom stereocenters. The molecule has 6 heteroatoms. The average molecular weight is 400 g/mol. The molecule has 1 aliphatic carbocycles. The lowest BCUT2D eigenvalue weighted by Gasteiger charge is -2.15. The third kappa shape index (κ3) is 4.52. The largest absolute Gasteiger partial charge is 0.479 e. The zero-order chi connectivity index (χ0) is 17.6. The molecule has 2 aromatic rings. The molecule has 0 bridgehead atoms. The number of aryl methyl sites for hydroxylation is 1.